The van der Waals surface area contributed by atoms with Crippen LogP contribution < -0.4 is 24.4 Å². The maximum atomic E-state index is 11.9. The predicted molar refractivity (Wildman–Crippen MR) is 103 cm³/mol. The number of carbonyl (C=O) groups excluding carboxylic acids is 1. The van der Waals surface area contributed by atoms with Crippen molar-refractivity contribution in [2.45, 2.75) is 13.3 Å². The van der Waals surface area contributed by atoms with Crippen LogP contribution in [0.25, 0.3) is 0 Å². The fraction of sp³-hybridized carbons (Fsp3) is 0.300. The molecule has 0 radical (unpaired) electrons. The molecule has 0 fully saturated rings. The van der Waals surface area contributed by atoms with Crippen LogP contribution in [-0.2, 0) is 11.2 Å². The smallest absolute Gasteiger partial charge is 0.277 e. The highest BCUT2D eigenvalue weighted by Crippen LogP contribution is 2.37. The first-order valence-corrected chi connectivity index (χ1v) is 8.44. The quantitative estimate of drug-likeness (QED) is 0.541. The van der Waals surface area contributed by atoms with Crippen LogP contribution in [0, 0.1) is 0 Å². The molecule has 7 heteroatoms. The van der Waals surface area contributed by atoms with E-state index in [-0.39, 0.29) is 12.5 Å². The van der Waals surface area contributed by atoms with E-state index in [0.717, 1.165) is 6.42 Å². The summed E-state index contributed by atoms with van der Waals surface area (Å²) in [5.74, 6) is 1.77. The number of hydrogen-bond acceptors (Lipinski definition) is 6. The zero-order chi connectivity index (χ0) is 19.6. The second kappa shape index (κ2) is 10.1. The third kappa shape index (κ3) is 5.64. The summed E-state index contributed by atoms with van der Waals surface area (Å²) in [7, 11) is 4.60. The first kappa shape index (κ1) is 20.1. The van der Waals surface area contributed by atoms with Gasteiger partial charge in [-0.25, -0.2) is 5.43 Å². The minimum absolute atomic E-state index is 0.127. The number of benzene rings is 2. The summed E-state index contributed by atoms with van der Waals surface area (Å²) in [6.07, 6.45) is 2.44. The molecular weight excluding hydrogens is 348 g/mol. The molecule has 0 heterocycles. The summed E-state index contributed by atoms with van der Waals surface area (Å²) < 4.78 is 21.2. The molecule has 1 amide bonds. The van der Waals surface area contributed by atoms with Gasteiger partial charge in [-0.1, -0.05) is 19.1 Å². The molecule has 2 rings (SSSR count). The van der Waals surface area contributed by atoms with E-state index >= 15 is 0 Å². The highest BCUT2D eigenvalue weighted by molar-refractivity contribution is 5.84. The van der Waals surface area contributed by atoms with Crippen LogP contribution in [0.5, 0.6) is 23.0 Å². The number of ether oxygens (including phenoxy) is 4. The standard InChI is InChI=1S/C20H24N2O5/c1-5-14-6-8-16(9-7-14)27-13-19(23)22-21-12-15-10-17(24-2)20(26-4)18(11-15)25-3/h6-12H,5,13H2,1-4H3,(H,22,23)/b21-12+. The number of hydrogen-bond donors (Lipinski definition) is 1. The Labute approximate surface area is 158 Å². The molecule has 2 aromatic carbocycles. The van der Waals surface area contributed by atoms with Gasteiger partial charge in [-0.2, -0.15) is 5.10 Å². The molecule has 0 aliphatic carbocycles. The molecule has 0 saturated carbocycles. The van der Waals surface area contributed by atoms with Gasteiger partial charge in [0.05, 0.1) is 27.5 Å². The predicted octanol–water partition coefficient (Wildman–Crippen LogP) is 2.80. The van der Waals surface area contributed by atoms with Crippen molar-refractivity contribution in [2.75, 3.05) is 27.9 Å². The monoisotopic (exact) mass is 372 g/mol. The second-order valence-electron chi connectivity index (χ2n) is 5.54. The van der Waals surface area contributed by atoms with Crippen molar-refractivity contribution in [1.29, 1.82) is 0 Å². The Balaban J connectivity index is 1.92. The van der Waals surface area contributed by atoms with Crippen LogP contribution in [-0.4, -0.2) is 40.1 Å². The summed E-state index contributed by atoms with van der Waals surface area (Å²) in [4.78, 5) is 11.9. The van der Waals surface area contributed by atoms with Crippen molar-refractivity contribution in [1.82, 2.24) is 5.43 Å². The molecular formula is C20H24N2O5. The first-order valence-electron chi connectivity index (χ1n) is 8.44. The van der Waals surface area contributed by atoms with E-state index in [2.05, 4.69) is 17.5 Å². The molecule has 0 aliphatic rings. The van der Waals surface area contributed by atoms with Crippen molar-refractivity contribution in [3.05, 3.63) is 47.5 Å². The van der Waals surface area contributed by atoms with E-state index in [1.165, 1.54) is 33.1 Å². The lowest BCUT2D eigenvalue weighted by Crippen LogP contribution is -2.24. The van der Waals surface area contributed by atoms with E-state index in [1.54, 1.807) is 12.1 Å². The number of amides is 1. The minimum Gasteiger partial charge on any atom is -0.493 e. The average molecular weight is 372 g/mol. The van der Waals surface area contributed by atoms with Crippen LogP contribution >= 0.6 is 0 Å². The Morgan fingerprint density at radius 1 is 1.04 bits per heavy atom. The van der Waals surface area contributed by atoms with Crippen LogP contribution in [0.3, 0.4) is 0 Å². The van der Waals surface area contributed by atoms with Gasteiger partial charge in [0.1, 0.15) is 5.75 Å². The molecule has 0 bridgehead atoms. The second-order valence-corrected chi connectivity index (χ2v) is 5.54. The van der Waals surface area contributed by atoms with Crippen molar-refractivity contribution < 1.29 is 23.7 Å². The summed E-state index contributed by atoms with van der Waals surface area (Å²) in [6, 6.07) is 11.1. The maximum Gasteiger partial charge on any atom is 0.277 e. The van der Waals surface area contributed by atoms with E-state index in [9.17, 15) is 4.79 Å². The maximum absolute atomic E-state index is 11.9. The van der Waals surface area contributed by atoms with Crippen LogP contribution in [0.1, 0.15) is 18.1 Å². The highest BCUT2D eigenvalue weighted by atomic mass is 16.5. The largest absolute Gasteiger partial charge is 0.493 e. The van der Waals surface area contributed by atoms with E-state index in [4.69, 9.17) is 18.9 Å². The Morgan fingerprint density at radius 3 is 2.19 bits per heavy atom. The van der Waals surface area contributed by atoms with Crippen LogP contribution in [0.2, 0.25) is 0 Å². The lowest BCUT2D eigenvalue weighted by atomic mass is 10.2. The molecule has 27 heavy (non-hydrogen) atoms. The zero-order valence-corrected chi connectivity index (χ0v) is 15.9. The van der Waals surface area contributed by atoms with Gasteiger partial charge < -0.3 is 18.9 Å². The van der Waals surface area contributed by atoms with Gasteiger partial charge in [-0.3, -0.25) is 4.79 Å². The number of aryl methyl sites for hydroxylation is 1. The molecule has 0 saturated heterocycles. The van der Waals surface area contributed by atoms with Gasteiger partial charge in [-0.05, 0) is 36.2 Å². The molecule has 0 atom stereocenters. The van der Waals surface area contributed by atoms with Gasteiger partial charge in [-0.15, -0.1) is 0 Å². The molecule has 144 valence electrons. The minimum atomic E-state index is -0.363. The SMILES string of the molecule is CCc1ccc(OCC(=O)N/N=C/c2cc(OC)c(OC)c(OC)c2)cc1. The van der Waals surface area contributed by atoms with Crippen molar-refractivity contribution in [3.63, 3.8) is 0 Å². The number of nitrogens with zero attached hydrogens (tertiary/aromatic N) is 1. The molecule has 2 aromatic rings. The van der Waals surface area contributed by atoms with Gasteiger partial charge >= 0.3 is 0 Å². The van der Waals surface area contributed by atoms with Crippen molar-refractivity contribution >= 4 is 12.1 Å². The van der Waals surface area contributed by atoms with Gasteiger partial charge in [0, 0.05) is 5.56 Å². The summed E-state index contributed by atoms with van der Waals surface area (Å²) in [5.41, 5.74) is 4.31. The molecule has 0 aliphatic heterocycles. The topological polar surface area (TPSA) is 78.4 Å². The number of rotatable bonds is 9. The third-order valence-electron chi connectivity index (χ3n) is 3.79. The Morgan fingerprint density at radius 2 is 1.67 bits per heavy atom. The van der Waals surface area contributed by atoms with Gasteiger partial charge in [0.2, 0.25) is 5.75 Å². The Hall–Kier alpha value is -3.22. The molecule has 7 nitrogen and oxygen atoms in total. The summed E-state index contributed by atoms with van der Waals surface area (Å²) in [6.45, 7) is 1.95. The van der Waals surface area contributed by atoms with Gasteiger partial charge in [0.25, 0.3) is 5.91 Å². The van der Waals surface area contributed by atoms with Crippen LogP contribution in [0.4, 0.5) is 0 Å². The highest BCUT2D eigenvalue weighted by Gasteiger charge is 2.12. The third-order valence-corrected chi connectivity index (χ3v) is 3.79. The fourth-order valence-electron chi connectivity index (χ4n) is 2.36. The van der Waals surface area contributed by atoms with Crippen LogP contribution in [0.15, 0.2) is 41.5 Å². The zero-order valence-electron chi connectivity index (χ0n) is 15.9. The number of nitrogens with one attached hydrogen (secondary N) is 1. The first-order chi connectivity index (χ1) is 13.1. The van der Waals surface area contributed by atoms with E-state index < -0.39 is 0 Å². The molecule has 0 spiro atoms. The average Bonchev–Trinajstić information content (AvgIpc) is 2.71. The van der Waals surface area contributed by atoms with Gasteiger partial charge in [0.15, 0.2) is 18.1 Å². The Bertz CT molecular complexity index is 762. The summed E-state index contributed by atoms with van der Waals surface area (Å²) in [5, 5.41) is 3.93. The summed E-state index contributed by atoms with van der Waals surface area (Å²) >= 11 is 0. The Kier molecular flexibility index (Phi) is 7.49. The molecule has 0 aromatic heterocycles. The normalized spacial score (nSPS) is 10.5. The van der Waals surface area contributed by atoms with Crippen molar-refractivity contribution in [3.8, 4) is 23.0 Å². The van der Waals surface area contributed by atoms with E-state index in [1.807, 2.05) is 24.3 Å². The lowest BCUT2D eigenvalue weighted by Gasteiger charge is -2.12. The number of carbonyl (C=O) groups is 1. The molecule has 0 unspecified atom stereocenters. The number of hydrazone groups is 1. The fourth-order valence-corrected chi connectivity index (χ4v) is 2.36. The lowest BCUT2D eigenvalue weighted by molar-refractivity contribution is -0.123. The van der Waals surface area contributed by atoms with E-state index in [0.29, 0.717) is 28.6 Å². The van der Waals surface area contributed by atoms with Crippen molar-refractivity contribution in [2.24, 2.45) is 5.10 Å². The molecule has 1 N–H and O–H groups in total. The number of methoxy groups -OCH3 is 3.